The number of aliphatic imine (C=N–C) groups is 1. The number of nitrogens with one attached hydrogen (secondary N) is 2. The van der Waals surface area contributed by atoms with E-state index < -0.39 is 0 Å². The quantitative estimate of drug-likeness (QED) is 0.397. The number of benzene rings is 1. The summed E-state index contributed by atoms with van der Waals surface area (Å²) in [5.41, 5.74) is 0.990. The summed E-state index contributed by atoms with van der Waals surface area (Å²) in [7, 11) is 5.24. The molecule has 2 N–H and O–H groups in total. The van der Waals surface area contributed by atoms with Crippen molar-refractivity contribution in [1.29, 1.82) is 0 Å². The highest BCUT2D eigenvalue weighted by Gasteiger charge is 2.08. The Bertz CT molecular complexity index is 757. The van der Waals surface area contributed by atoms with E-state index in [0.29, 0.717) is 13.1 Å². The van der Waals surface area contributed by atoms with Crippen LogP contribution >= 0.6 is 0 Å². The number of nitrogens with zero attached hydrogens (tertiary/aromatic N) is 4. The van der Waals surface area contributed by atoms with Gasteiger partial charge < -0.3 is 24.7 Å². The van der Waals surface area contributed by atoms with E-state index in [1.807, 2.05) is 36.7 Å². The number of ether oxygens (including phenoxy) is 2. The highest BCUT2D eigenvalue weighted by Crippen LogP contribution is 2.25. The average molecular weight is 374 g/mol. The molecule has 2 aromatic rings. The summed E-state index contributed by atoms with van der Waals surface area (Å²) in [4.78, 5) is 4.70. The van der Waals surface area contributed by atoms with Crippen LogP contribution in [-0.4, -0.2) is 41.5 Å². The lowest BCUT2D eigenvalue weighted by Crippen LogP contribution is -2.38. The molecule has 0 bridgehead atoms. The predicted octanol–water partition coefficient (Wildman–Crippen LogP) is 2.18. The molecule has 0 saturated carbocycles. The van der Waals surface area contributed by atoms with E-state index in [1.54, 1.807) is 14.2 Å². The minimum absolute atomic E-state index is 0.493. The highest BCUT2D eigenvalue weighted by atomic mass is 16.5. The Morgan fingerprint density at radius 3 is 2.63 bits per heavy atom. The second kappa shape index (κ2) is 10.4. The summed E-state index contributed by atoms with van der Waals surface area (Å²) < 4.78 is 12.7. The van der Waals surface area contributed by atoms with Gasteiger partial charge in [-0.05, 0) is 25.5 Å². The molecule has 0 unspecified atom stereocenters. The fraction of sp³-hybridized carbons (Fsp3) is 0.526. The molecule has 0 spiro atoms. The Balaban J connectivity index is 2.09. The molecule has 2 rings (SSSR count). The van der Waals surface area contributed by atoms with Gasteiger partial charge in [0, 0.05) is 25.2 Å². The molecule has 1 aromatic carbocycles. The minimum atomic E-state index is 0.493. The zero-order valence-electron chi connectivity index (χ0n) is 16.9. The third-order valence-corrected chi connectivity index (χ3v) is 4.32. The van der Waals surface area contributed by atoms with Crippen molar-refractivity contribution in [1.82, 2.24) is 25.4 Å². The monoisotopic (exact) mass is 374 g/mol. The standard InChI is InChI=1S/C19H30N6O2/c1-6-7-10-20-19(22-13-18-24-23-14(2)25(18)3)21-12-15-8-9-16(26-4)11-17(15)27-5/h8-9,11H,6-7,10,12-13H2,1-5H3,(H2,20,21,22). The molecule has 1 heterocycles. The second-order valence-electron chi connectivity index (χ2n) is 6.20. The van der Waals surface area contributed by atoms with E-state index in [1.165, 1.54) is 0 Å². The van der Waals surface area contributed by atoms with E-state index in [4.69, 9.17) is 14.5 Å². The lowest BCUT2D eigenvalue weighted by Gasteiger charge is -2.13. The lowest BCUT2D eigenvalue weighted by molar-refractivity contribution is 0.391. The van der Waals surface area contributed by atoms with Crippen LogP contribution in [0.2, 0.25) is 0 Å². The van der Waals surface area contributed by atoms with Gasteiger partial charge in [0.1, 0.15) is 17.3 Å². The van der Waals surface area contributed by atoms with Crippen LogP contribution < -0.4 is 20.1 Å². The number of hydrogen-bond donors (Lipinski definition) is 2. The van der Waals surface area contributed by atoms with Gasteiger partial charge >= 0.3 is 0 Å². The third-order valence-electron chi connectivity index (χ3n) is 4.32. The number of unbranched alkanes of at least 4 members (excludes halogenated alkanes) is 1. The maximum atomic E-state index is 5.45. The Morgan fingerprint density at radius 1 is 1.19 bits per heavy atom. The molecule has 27 heavy (non-hydrogen) atoms. The van der Waals surface area contributed by atoms with E-state index >= 15 is 0 Å². The van der Waals surface area contributed by atoms with Gasteiger partial charge in [0.05, 0.1) is 27.3 Å². The maximum absolute atomic E-state index is 5.45. The first-order valence-electron chi connectivity index (χ1n) is 9.17. The molecule has 0 radical (unpaired) electrons. The van der Waals surface area contributed by atoms with Crippen molar-refractivity contribution in [3.63, 3.8) is 0 Å². The van der Waals surface area contributed by atoms with E-state index in [-0.39, 0.29) is 0 Å². The molecular formula is C19H30N6O2. The molecule has 148 valence electrons. The van der Waals surface area contributed by atoms with E-state index in [9.17, 15) is 0 Å². The van der Waals surface area contributed by atoms with E-state index in [0.717, 1.165) is 54.1 Å². The van der Waals surface area contributed by atoms with Crippen LogP contribution in [0.15, 0.2) is 23.2 Å². The summed E-state index contributed by atoms with van der Waals surface area (Å²) in [5, 5.41) is 15.0. The van der Waals surface area contributed by atoms with Crippen LogP contribution in [-0.2, 0) is 20.1 Å². The molecule has 8 nitrogen and oxygen atoms in total. The molecule has 8 heteroatoms. The Morgan fingerprint density at radius 2 is 2.00 bits per heavy atom. The molecular weight excluding hydrogens is 344 g/mol. The van der Waals surface area contributed by atoms with Crippen LogP contribution in [0.5, 0.6) is 11.5 Å². The third kappa shape index (κ3) is 5.87. The molecule has 1 aromatic heterocycles. The number of aromatic nitrogens is 3. The van der Waals surface area contributed by atoms with E-state index in [2.05, 4.69) is 27.8 Å². The number of hydrogen-bond acceptors (Lipinski definition) is 5. The van der Waals surface area contributed by atoms with Crippen molar-refractivity contribution in [3.05, 3.63) is 35.4 Å². The Hall–Kier alpha value is -2.77. The van der Waals surface area contributed by atoms with Gasteiger partial charge in [0.2, 0.25) is 0 Å². The van der Waals surface area contributed by atoms with Crippen molar-refractivity contribution < 1.29 is 9.47 Å². The van der Waals surface area contributed by atoms with Crippen LogP contribution in [0.3, 0.4) is 0 Å². The van der Waals surface area contributed by atoms with Crippen LogP contribution in [0, 0.1) is 6.92 Å². The zero-order valence-corrected chi connectivity index (χ0v) is 16.9. The second-order valence-corrected chi connectivity index (χ2v) is 6.20. The van der Waals surface area contributed by atoms with Crippen molar-refractivity contribution >= 4 is 5.96 Å². The summed E-state index contributed by atoms with van der Waals surface area (Å²) in [6.07, 6.45) is 2.20. The molecule has 0 aliphatic rings. The fourth-order valence-electron chi connectivity index (χ4n) is 2.47. The van der Waals surface area contributed by atoms with Gasteiger partial charge in [0.15, 0.2) is 11.8 Å². The summed E-state index contributed by atoms with van der Waals surface area (Å²) in [6.45, 7) is 6.00. The smallest absolute Gasteiger partial charge is 0.191 e. The first kappa shape index (κ1) is 20.5. The van der Waals surface area contributed by atoms with Gasteiger partial charge in [0.25, 0.3) is 0 Å². The molecule has 0 aliphatic carbocycles. The highest BCUT2D eigenvalue weighted by molar-refractivity contribution is 5.79. The first-order chi connectivity index (χ1) is 13.1. The van der Waals surface area contributed by atoms with Gasteiger partial charge in [-0.25, -0.2) is 4.99 Å². The lowest BCUT2D eigenvalue weighted by atomic mass is 10.2. The minimum Gasteiger partial charge on any atom is -0.497 e. The maximum Gasteiger partial charge on any atom is 0.191 e. The van der Waals surface area contributed by atoms with Gasteiger partial charge in [-0.15, -0.1) is 10.2 Å². The first-order valence-corrected chi connectivity index (χ1v) is 9.17. The molecule has 0 atom stereocenters. The van der Waals surface area contributed by atoms with Crippen molar-refractivity contribution in [2.24, 2.45) is 12.0 Å². The number of methoxy groups -OCH3 is 2. The number of aryl methyl sites for hydroxylation is 1. The topological polar surface area (TPSA) is 85.6 Å². The fourth-order valence-corrected chi connectivity index (χ4v) is 2.47. The Labute approximate surface area is 161 Å². The van der Waals surface area contributed by atoms with Crippen LogP contribution in [0.25, 0.3) is 0 Å². The van der Waals surface area contributed by atoms with Crippen LogP contribution in [0.1, 0.15) is 37.0 Å². The largest absolute Gasteiger partial charge is 0.497 e. The molecule has 0 saturated heterocycles. The number of guanidine groups is 1. The van der Waals surface area contributed by atoms with Gasteiger partial charge in [-0.1, -0.05) is 13.3 Å². The average Bonchev–Trinajstić information content (AvgIpc) is 3.01. The van der Waals surface area contributed by atoms with Crippen molar-refractivity contribution in [2.45, 2.75) is 39.8 Å². The van der Waals surface area contributed by atoms with Gasteiger partial charge in [-0.3, -0.25) is 0 Å². The zero-order chi connectivity index (χ0) is 19.6. The number of rotatable bonds is 9. The summed E-state index contributed by atoms with van der Waals surface area (Å²) >= 11 is 0. The van der Waals surface area contributed by atoms with Crippen molar-refractivity contribution in [3.8, 4) is 11.5 Å². The Kier molecular flexibility index (Phi) is 7.91. The predicted molar refractivity (Wildman–Crippen MR) is 106 cm³/mol. The van der Waals surface area contributed by atoms with Gasteiger partial charge in [-0.2, -0.15) is 0 Å². The normalized spacial score (nSPS) is 11.4. The summed E-state index contributed by atoms with van der Waals surface area (Å²) in [5.74, 6) is 4.00. The summed E-state index contributed by atoms with van der Waals surface area (Å²) in [6, 6.07) is 5.75. The van der Waals surface area contributed by atoms with Crippen LogP contribution in [0.4, 0.5) is 0 Å². The molecule has 0 aliphatic heterocycles. The SMILES string of the molecule is CCCCNC(=NCc1ccc(OC)cc1OC)NCc1nnc(C)n1C. The molecule has 0 fully saturated rings. The molecule has 0 amide bonds. The van der Waals surface area contributed by atoms with Crippen molar-refractivity contribution in [2.75, 3.05) is 20.8 Å².